The summed E-state index contributed by atoms with van der Waals surface area (Å²) in [6.45, 7) is 2.18. The first-order valence-electron chi connectivity index (χ1n) is 4.91. The topological polar surface area (TPSA) is 59.5 Å². The fourth-order valence-electron chi connectivity index (χ4n) is 1.06. The summed E-state index contributed by atoms with van der Waals surface area (Å²) in [5.41, 5.74) is 0.204. The number of terminal acetylenes is 1. The van der Waals surface area contributed by atoms with Crippen molar-refractivity contribution in [2.24, 2.45) is 0 Å². The highest BCUT2D eigenvalue weighted by atomic mass is 32.1. The average Bonchev–Trinajstić information content (AvgIpc) is 2.78. The molecule has 0 aliphatic rings. The minimum atomic E-state index is -0.517. The van der Waals surface area contributed by atoms with Crippen LogP contribution in [0.2, 0.25) is 0 Å². The second-order valence-electron chi connectivity index (χ2n) is 3.12. The second-order valence-corrected chi connectivity index (χ2v) is 3.98. The van der Waals surface area contributed by atoms with Gasteiger partial charge in [0.1, 0.15) is 5.69 Å². The van der Waals surface area contributed by atoms with E-state index in [1.807, 2.05) is 0 Å². The third-order valence-corrected chi connectivity index (χ3v) is 2.67. The van der Waals surface area contributed by atoms with Gasteiger partial charge in [-0.05, 0) is 6.92 Å². The van der Waals surface area contributed by atoms with E-state index in [1.165, 1.54) is 10.3 Å². The summed E-state index contributed by atoms with van der Waals surface area (Å²) in [6, 6.07) is 0. The molecule has 1 amide bonds. The van der Waals surface area contributed by atoms with Gasteiger partial charge >= 0.3 is 5.97 Å². The Kier molecular flexibility index (Phi) is 4.67. The summed E-state index contributed by atoms with van der Waals surface area (Å²) in [7, 11) is 1.57. The van der Waals surface area contributed by atoms with Crippen molar-refractivity contribution in [3.8, 4) is 12.3 Å². The minimum absolute atomic E-state index is 0.171. The van der Waals surface area contributed by atoms with Gasteiger partial charge in [0.05, 0.1) is 13.2 Å². The Hall–Kier alpha value is -1.87. The third kappa shape index (κ3) is 3.29. The van der Waals surface area contributed by atoms with Crippen molar-refractivity contribution < 1.29 is 14.3 Å². The van der Waals surface area contributed by atoms with E-state index >= 15 is 0 Å². The molecule has 1 rings (SSSR count). The predicted octanol–water partition coefficient (Wildman–Crippen LogP) is 1.03. The highest BCUT2D eigenvalue weighted by Crippen LogP contribution is 2.12. The number of hydrogen-bond acceptors (Lipinski definition) is 5. The maximum atomic E-state index is 11.8. The molecule has 0 unspecified atom stereocenters. The van der Waals surface area contributed by atoms with Crippen LogP contribution in [0.4, 0.5) is 0 Å². The Morgan fingerprint density at radius 3 is 2.94 bits per heavy atom. The Bertz CT molecular complexity index is 462. The van der Waals surface area contributed by atoms with Crippen LogP contribution >= 0.6 is 11.3 Å². The van der Waals surface area contributed by atoms with Gasteiger partial charge in [-0.1, -0.05) is 5.92 Å². The van der Waals surface area contributed by atoms with E-state index in [0.717, 1.165) is 11.3 Å². The van der Waals surface area contributed by atoms with Gasteiger partial charge in [0.25, 0.3) is 5.91 Å². The lowest BCUT2D eigenvalue weighted by molar-refractivity contribution is 0.0526. The SMILES string of the molecule is C#CCN(C)C(=O)c1csc(C(=O)OCC)n1. The normalized spacial score (nSPS) is 9.47. The Labute approximate surface area is 103 Å². The number of nitrogens with zero attached hydrogens (tertiary/aromatic N) is 2. The second kappa shape index (κ2) is 6.01. The van der Waals surface area contributed by atoms with Crippen LogP contribution in [0, 0.1) is 12.3 Å². The lowest BCUT2D eigenvalue weighted by Gasteiger charge is -2.11. The summed E-state index contributed by atoms with van der Waals surface area (Å²) in [5.74, 6) is 1.53. The molecule has 0 N–H and O–H groups in total. The summed E-state index contributed by atoms with van der Waals surface area (Å²) in [6.07, 6.45) is 5.10. The van der Waals surface area contributed by atoms with Gasteiger partial charge in [-0.3, -0.25) is 4.79 Å². The summed E-state index contributed by atoms with van der Waals surface area (Å²) >= 11 is 1.08. The van der Waals surface area contributed by atoms with E-state index in [9.17, 15) is 9.59 Å². The molecule has 17 heavy (non-hydrogen) atoms. The van der Waals surface area contributed by atoms with Gasteiger partial charge in [0, 0.05) is 12.4 Å². The fourth-order valence-corrected chi connectivity index (χ4v) is 1.75. The molecule has 0 fully saturated rings. The minimum Gasteiger partial charge on any atom is -0.461 e. The van der Waals surface area contributed by atoms with E-state index in [-0.39, 0.29) is 29.8 Å². The van der Waals surface area contributed by atoms with E-state index in [0.29, 0.717) is 0 Å². The molecule has 0 atom stereocenters. The van der Waals surface area contributed by atoms with Crippen molar-refractivity contribution in [3.05, 3.63) is 16.1 Å². The maximum Gasteiger partial charge on any atom is 0.367 e. The number of hydrogen-bond donors (Lipinski definition) is 0. The first-order chi connectivity index (χ1) is 8.10. The lowest BCUT2D eigenvalue weighted by atomic mass is 10.4. The van der Waals surface area contributed by atoms with Gasteiger partial charge < -0.3 is 9.64 Å². The number of amides is 1. The summed E-state index contributed by atoms with van der Waals surface area (Å²) in [4.78, 5) is 28.4. The fraction of sp³-hybridized carbons (Fsp3) is 0.364. The maximum absolute atomic E-state index is 11.8. The number of rotatable bonds is 4. The molecule has 90 valence electrons. The highest BCUT2D eigenvalue weighted by molar-refractivity contribution is 7.11. The van der Waals surface area contributed by atoms with E-state index in [1.54, 1.807) is 14.0 Å². The molecule has 1 heterocycles. The zero-order valence-corrected chi connectivity index (χ0v) is 10.4. The third-order valence-electron chi connectivity index (χ3n) is 1.85. The van der Waals surface area contributed by atoms with Crippen molar-refractivity contribution in [2.75, 3.05) is 20.2 Å². The molecule has 0 aliphatic heterocycles. The van der Waals surface area contributed by atoms with Crippen LogP contribution < -0.4 is 0 Å². The molecule has 6 heteroatoms. The first kappa shape index (κ1) is 13.2. The molecule has 0 saturated carbocycles. The van der Waals surface area contributed by atoms with Gasteiger partial charge in [0.15, 0.2) is 0 Å². The molecule has 0 spiro atoms. The predicted molar refractivity (Wildman–Crippen MR) is 63.9 cm³/mol. The smallest absolute Gasteiger partial charge is 0.367 e. The van der Waals surface area contributed by atoms with Gasteiger partial charge in [0.2, 0.25) is 5.01 Å². The molecular weight excluding hydrogens is 240 g/mol. The molecule has 0 saturated heterocycles. The lowest BCUT2D eigenvalue weighted by Crippen LogP contribution is -2.27. The quantitative estimate of drug-likeness (QED) is 0.593. The van der Waals surface area contributed by atoms with Crippen molar-refractivity contribution in [3.63, 3.8) is 0 Å². The van der Waals surface area contributed by atoms with Crippen LogP contribution in [0.5, 0.6) is 0 Å². The van der Waals surface area contributed by atoms with Crippen molar-refractivity contribution in [1.82, 2.24) is 9.88 Å². The van der Waals surface area contributed by atoms with Gasteiger partial charge in [-0.2, -0.15) is 0 Å². The molecule has 0 bridgehead atoms. The standard InChI is InChI=1S/C11H12N2O3S/c1-4-6-13(3)10(14)8-7-17-9(12-8)11(15)16-5-2/h1,7H,5-6H2,2-3H3. The monoisotopic (exact) mass is 252 g/mol. The van der Waals surface area contributed by atoms with Crippen LogP contribution in [0.15, 0.2) is 5.38 Å². The van der Waals surface area contributed by atoms with Crippen molar-refractivity contribution >= 4 is 23.2 Å². The largest absolute Gasteiger partial charge is 0.461 e. The molecule has 5 nitrogen and oxygen atoms in total. The number of carbonyl (C=O) groups is 2. The number of carbonyl (C=O) groups excluding carboxylic acids is 2. The number of thiazole rings is 1. The zero-order valence-electron chi connectivity index (χ0n) is 9.60. The van der Waals surface area contributed by atoms with Crippen LogP contribution in [-0.4, -0.2) is 42.0 Å². The molecule has 0 aromatic carbocycles. The molecule has 1 aromatic rings. The molecule has 1 aromatic heterocycles. The van der Waals surface area contributed by atoms with Crippen LogP contribution in [-0.2, 0) is 4.74 Å². The summed E-state index contributed by atoms with van der Waals surface area (Å²) < 4.78 is 4.78. The molecule has 0 radical (unpaired) electrons. The Morgan fingerprint density at radius 1 is 1.65 bits per heavy atom. The Morgan fingerprint density at radius 2 is 2.35 bits per heavy atom. The molecular formula is C11H12N2O3S. The average molecular weight is 252 g/mol. The van der Waals surface area contributed by atoms with Gasteiger partial charge in [-0.25, -0.2) is 9.78 Å². The highest BCUT2D eigenvalue weighted by Gasteiger charge is 2.18. The summed E-state index contributed by atoms with van der Waals surface area (Å²) in [5, 5.41) is 1.69. The van der Waals surface area contributed by atoms with E-state index < -0.39 is 5.97 Å². The first-order valence-corrected chi connectivity index (χ1v) is 5.79. The molecule has 0 aliphatic carbocycles. The van der Waals surface area contributed by atoms with Crippen molar-refractivity contribution in [2.45, 2.75) is 6.92 Å². The van der Waals surface area contributed by atoms with Crippen LogP contribution in [0.3, 0.4) is 0 Å². The van der Waals surface area contributed by atoms with Crippen LogP contribution in [0.1, 0.15) is 27.2 Å². The number of esters is 1. The zero-order chi connectivity index (χ0) is 12.8. The number of ether oxygens (including phenoxy) is 1. The Balaban J connectivity index is 2.78. The number of aromatic nitrogens is 1. The van der Waals surface area contributed by atoms with E-state index in [4.69, 9.17) is 11.2 Å². The van der Waals surface area contributed by atoms with Gasteiger partial charge in [-0.15, -0.1) is 17.8 Å². The van der Waals surface area contributed by atoms with Crippen molar-refractivity contribution in [1.29, 1.82) is 0 Å². The van der Waals surface area contributed by atoms with Crippen LogP contribution in [0.25, 0.3) is 0 Å². The van der Waals surface area contributed by atoms with E-state index in [2.05, 4.69) is 10.9 Å².